The number of fused-ring (bicyclic) bond motifs is 3. The van der Waals surface area contributed by atoms with Crippen LogP contribution in [0.3, 0.4) is 0 Å². The number of nitrogens with zero attached hydrogens (tertiary/aromatic N) is 4. The van der Waals surface area contributed by atoms with Gasteiger partial charge in [0.15, 0.2) is 17.5 Å². The maximum atomic E-state index is 8.82. The normalized spacial score (nSPS) is 13.7. The van der Waals surface area contributed by atoms with Crippen molar-refractivity contribution in [3.8, 4) is 56.4 Å². The summed E-state index contributed by atoms with van der Waals surface area (Å²) in [5, 5.41) is 1.29. The Kier molecular flexibility index (Phi) is 6.11. The summed E-state index contributed by atoms with van der Waals surface area (Å²) in [7, 11) is 0. The lowest BCUT2D eigenvalue weighted by atomic mass is 9.97. The molecule has 264 valence electrons. The molecule has 0 aliphatic carbocycles. The van der Waals surface area contributed by atoms with Crippen LogP contribution >= 0.6 is 0 Å². The van der Waals surface area contributed by atoms with Gasteiger partial charge in [0.25, 0.3) is 0 Å². The fourth-order valence-corrected chi connectivity index (χ4v) is 6.90. The van der Waals surface area contributed by atoms with Gasteiger partial charge in [-0.2, -0.15) is 0 Å². The van der Waals surface area contributed by atoms with Crippen LogP contribution in [0.2, 0.25) is 0 Å². The molecule has 0 atom stereocenters. The van der Waals surface area contributed by atoms with Crippen molar-refractivity contribution in [2.45, 2.75) is 0 Å². The molecule has 8 aromatic carbocycles. The summed E-state index contributed by atoms with van der Waals surface area (Å²) in [5.41, 5.74) is 7.23. The van der Waals surface area contributed by atoms with E-state index in [-0.39, 0.29) is 28.6 Å². The Bertz CT molecular complexity index is 3390. The molecule has 10 aromatic rings. The third-order valence-electron chi connectivity index (χ3n) is 9.51. The van der Waals surface area contributed by atoms with E-state index in [2.05, 4.69) is 46.3 Å². The highest BCUT2D eigenvalue weighted by molar-refractivity contribution is 6.13. The van der Waals surface area contributed by atoms with Gasteiger partial charge in [-0.05, 0) is 76.9 Å². The van der Waals surface area contributed by atoms with Crippen LogP contribution in [-0.2, 0) is 0 Å². The van der Waals surface area contributed by atoms with Crippen molar-refractivity contribution in [2.24, 2.45) is 0 Å². The summed E-state index contributed by atoms with van der Waals surface area (Å²) < 4.78 is 91.9. The lowest BCUT2D eigenvalue weighted by Gasteiger charge is -2.26. The van der Waals surface area contributed by atoms with Crippen LogP contribution in [0.4, 0.5) is 17.1 Å². The molecule has 0 saturated heterocycles. The van der Waals surface area contributed by atoms with E-state index >= 15 is 0 Å². The zero-order chi connectivity index (χ0) is 46.0. The van der Waals surface area contributed by atoms with Crippen molar-refractivity contribution < 1.29 is 18.1 Å². The number of para-hydroxylation sites is 2. The smallest absolute Gasteiger partial charge is 0.164 e. The van der Waals surface area contributed by atoms with Crippen LogP contribution in [0.15, 0.2) is 210 Å². The highest BCUT2D eigenvalue weighted by Gasteiger charge is 2.20. The van der Waals surface area contributed by atoms with Gasteiger partial charge in [-0.3, -0.25) is 0 Å². The Balaban J connectivity index is 1.17. The topological polar surface area (TPSA) is 55.1 Å². The highest BCUT2D eigenvalue weighted by Crippen LogP contribution is 2.41. The molecule has 0 unspecified atom stereocenters. The summed E-state index contributed by atoms with van der Waals surface area (Å²) >= 11 is 0. The summed E-state index contributed by atoms with van der Waals surface area (Å²) in [6.45, 7) is 0. The Morgan fingerprint density at radius 2 is 0.875 bits per heavy atom. The molecule has 2 aromatic heterocycles. The van der Waals surface area contributed by atoms with Crippen molar-refractivity contribution >= 4 is 39.0 Å². The van der Waals surface area contributed by atoms with Crippen LogP contribution < -0.4 is 4.90 Å². The predicted molar refractivity (Wildman–Crippen MR) is 229 cm³/mol. The van der Waals surface area contributed by atoms with E-state index in [9.17, 15) is 0 Å². The Morgan fingerprint density at radius 3 is 1.48 bits per heavy atom. The van der Waals surface area contributed by atoms with Crippen LogP contribution in [-0.4, -0.2) is 15.0 Å². The Labute approximate surface area is 338 Å². The molecule has 10 rings (SSSR count). The van der Waals surface area contributed by atoms with E-state index in [1.165, 1.54) is 0 Å². The van der Waals surface area contributed by atoms with Gasteiger partial charge in [-0.25, -0.2) is 15.0 Å². The second-order valence-corrected chi connectivity index (χ2v) is 12.9. The van der Waals surface area contributed by atoms with E-state index in [1.54, 1.807) is 0 Å². The molecule has 0 amide bonds. The molecule has 0 aliphatic heterocycles. The van der Waals surface area contributed by atoms with Crippen LogP contribution in [0.5, 0.6) is 0 Å². The third kappa shape index (κ3) is 6.27. The van der Waals surface area contributed by atoms with E-state index < -0.39 is 60.4 Å². The first-order valence-electron chi connectivity index (χ1n) is 22.9. The van der Waals surface area contributed by atoms with Crippen molar-refractivity contribution in [3.63, 3.8) is 0 Å². The molecule has 0 N–H and O–H groups in total. The second kappa shape index (κ2) is 14.3. The molecular formula is C51H34N4O. The SMILES string of the molecule is [2H]c1c([2H])c([2H])c(-c2nc(-c3c([2H])c([2H])c([2H])c([2H])c3[2H])nc(-c3cc(-c4ccc(N(c5ccccc5)c5ccc(-c6ccccc6)cc5)cc4)cc4oc5ccccc5c34)n2)c([2H])c1[2H]. The third-order valence-corrected chi connectivity index (χ3v) is 9.51. The quantitative estimate of drug-likeness (QED) is 0.156. The first kappa shape index (κ1) is 23.9. The average Bonchev–Trinajstić information content (AvgIpc) is 3.73. The maximum absolute atomic E-state index is 8.82. The van der Waals surface area contributed by atoms with Crippen LogP contribution in [0.25, 0.3) is 78.4 Å². The summed E-state index contributed by atoms with van der Waals surface area (Å²) in [6.07, 6.45) is 0. The number of hydrogen-bond acceptors (Lipinski definition) is 5. The molecule has 5 nitrogen and oxygen atoms in total. The van der Waals surface area contributed by atoms with E-state index in [1.807, 2.05) is 109 Å². The van der Waals surface area contributed by atoms with Gasteiger partial charge >= 0.3 is 0 Å². The molecular weight excluding hydrogens is 685 g/mol. The minimum absolute atomic E-state index is 0.0575. The zero-order valence-corrected chi connectivity index (χ0v) is 29.6. The summed E-state index contributed by atoms with van der Waals surface area (Å²) in [4.78, 5) is 16.2. The largest absolute Gasteiger partial charge is 0.456 e. The first-order chi connectivity index (χ1) is 31.9. The number of aromatic nitrogens is 3. The van der Waals surface area contributed by atoms with Gasteiger partial charge in [-0.1, -0.05) is 151 Å². The van der Waals surface area contributed by atoms with Crippen LogP contribution in [0, 0.1) is 0 Å². The van der Waals surface area contributed by atoms with Gasteiger partial charge in [0.1, 0.15) is 11.2 Å². The van der Waals surface area contributed by atoms with Gasteiger partial charge < -0.3 is 9.32 Å². The van der Waals surface area contributed by atoms with Crippen LogP contribution in [0.1, 0.15) is 13.7 Å². The predicted octanol–water partition coefficient (Wildman–Crippen LogP) is 13.6. The molecule has 2 heterocycles. The fraction of sp³-hybridized carbons (Fsp3) is 0. The van der Waals surface area contributed by atoms with Crippen molar-refractivity contribution in [3.05, 3.63) is 206 Å². The summed E-state index contributed by atoms with van der Waals surface area (Å²) in [6, 6.07) is 41.7. The minimum Gasteiger partial charge on any atom is -0.456 e. The van der Waals surface area contributed by atoms with E-state index in [4.69, 9.17) is 28.1 Å². The van der Waals surface area contributed by atoms with E-state index in [0.29, 0.717) is 33.1 Å². The molecule has 0 saturated carbocycles. The number of rotatable bonds is 8. The Morgan fingerprint density at radius 1 is 0.393 bits per heavy atom. The summed E-state index contributed by atoms with van der Waals surface area (Å²) in [5.74, 6) is -0.766. The van der Waals surface area contributed by atoms with Gasteiger partial charge in [0.05, 0.1) is 13.7 Å². The first-order valence-corrected chi connectivity index (χ1v) is 17.9. The Hall–Kier alpha value is -7.63. The zero-order valence-electron chi connectivity index (χ0n) is 39.6. The maximum Gasteiger partial charge on any atom is 0.164 e. The van der Waals surface area contributed by atoms with Gasteiger partial charge in [0.2, 0.25) is 0 Å². The fourth-order valence-electron chi connectivity index (χ4n) is 6.90. The molecule has 0 spiro atoms. The minimum atomic E-state index is -0.624. The highest BCUT2D eigenvalue weighted by atomic mass is 16.3. The lowest BCUT2D eigenvalue weighted by Crippen LogP contribution is -2.09. The van der Waals surface area contributed by atoms with Gasteiger partial charge in [0, 0.05) is 44.5 Å². The molecule has 5 heteroatoms. The number of hydrogen-bond donors (Lipinski definition) is 0. The molecule has 0 bridgehead atoms. The lowest BCUT2D eigenvalue weighted by molar-refractivity contribution is 0.669. The molecule has 56 heavy (non-hydrogen) atoms. The van der Waals surface area contributed by atoms with Crippen molar-refractivity contribution in [2.75, 3.05) is 4.90 Å². The van der Waals surface area contributed by atoms with Gasteiger partial charge in [-0.15, -0.1) is 0 Å². The van der Waals surface area contributed by atoms with E-state index in [0.717, 1.165) is 33.8 Å². The standard InChI is InChI=1S/C51H34N4O/c1-5-15-35(16-6-1)36-25-29-42(30-26-36)55(41-21-11-4-12-22-41)43-31-27-37(28-32-43)40-33-45(48-44-23-13-14-24-46(44)56-47(48)34-40)51-53-49(38-17-7-2-8-18-38)52-50(54-51)39-19-9-3-10-20-39/h1-34H/i2D,3D,7D,8D,9D,10D,17D,18D,19D,20D. The average molecular weight is 729 g/mol. The number of benzene rings is 8. The molecule has 0 radical (unpaired) electrons. The monoisotopic (exact) mass is 728 g/mol. The van der Waals surface area contributed by atoms with Crippen molar-refractivity contribution in [1.29, 1.82) is 0 Å². The molecule has 0 aliphatic rings. The number of furan rings is 1. The second-order valence-electron chi connectivity index (χ2n) is 12.9. The number of anilines is 3. The van der Waals surface area contributed by atoms with Crippen molar-refractivity contribution in [1.82, 2.24) is 15.0 Å². The molecule has 0 fully saturated rings.